The molecule has 2 heterocycles. The molecule has 222 valence electrons. The van der Waals surface area contributed by atoms with Crippen molar-refractivity contribution in [3.8, 4) is 33.6 Å². The minimum absolute atomic E-state index is 0.127. The van der Waals surface area contributed by atoms with Gasteiger partial charge in [-0.25, -0.2) is 0 Å². The average Bonchev–Trinajstić information content (AvgIpc) is 3.72. The molecule has 0 bridgehead atoms. The highest BCUT2D eigenvalue weighted by Gasteiger charge is 2.36. The van der Waals surface area contributed by atoms with Crippen molar-refractivity contribution in [2.45, 2.75) is 19.3 Å². The maximum Gasteiger partial charge on any atom is 0.0541 e. The second-order valence-corrected chi connectivity index (χ2v) is 13.4. The first kappa shape index (κ1) is 26.4. The normalized spacial score (nSPS) is 13.5. The second-order valence-electron chi connectivity index (χ2n) is 13.4. The van der Waals surface area contributed by atoms with Gasteiger partial charge in [-0.2, -0.15) is 0 Å². The fraction of sp³-hybridized carbons (Fsp3) is 0.0667. The summed E-state index contributed by atoms with van der Waals surface area (Å²) >= 11 is 0. The zero-order chi connectivity index (χ0) is 31.3. The van der Waals surface area contributed by atoms with Gasteiger partial charge in [-0.05, 0) is 88.0 Å². The van der Waals surface area contributed by atoms with Gasteiger partial charge >= 0.3 is 0 Å². The van der Waals surface area contributed by atoms with Gasteiger partial charge in [0.1, 0.15) is 0 Å². The maximum atomic E-state index is 2.43. The van der Waals surface area contributed by atoms with Crippen molar-refractivity contribution in [3.63, 3.8) is 0 Å². The van der Waals surface area contributed by atoms with Crippen LogP contribution in [0.15, 0.2) is 158 Å². The third-order valence-electron chi connectivity index (χ3n) is 10.5. The van der Waals surface area contributed by atoms with E-state index in [1.54, 1.807) is 0 Å². The molecule has 7 aromatic carbocycles. The first-order valence-corrected chi connectivity index (χ1v) is 16.4. The number of rotatable bonds is 3. The molecule has 0 aliphatic heterocycles. The van der Waals surface area contributed by atoms with Crippen molar-refractivity contribution in [2.75, 3.05) is 0 Å². The minimum atomic E-state index is -0.127. The van der Waals surface area contributed by atoms with Gasteiger partial charge in [0.2, 0.25) is 0 Å². The average molecular weight is 601 g/mol. The van der Waals surface area contributed by atoms with Gasteiger partial charge < -0.3 is 9.13 Å². The van der Waals surface area contributed by atoms with Crippen LogP contribution in [-0.4, -0.2) is 9.13 Å². The lowest BCUT2D eigenvalue weighted by Crippen LogP contribution is -2.15. The SMILES string of the molecule is CC1(C)c2cc(-c3ccc(-n4c5ccccc5c5ccccc54)cc3)ccc2-c2ccc(-n3c4ccccc4c4ccccc43)cc21. The minimum Gasteiger partial charge on any atom is -0.309 e. The lowest BCUT2D eigenvalue weighted by Gasteiger charge is -2.23. The summed E-state index contributed by atoms with van der Waals surface area (Å²) in [5.74, 6) is 0. The second kappa shape index (κ2) is 9.57. The summed E-state index contributed by atoms with van der Waals surface area (Å²) in [5, 5.41) is 5.16. The molecule has 10 rings (SSSR count). The Labute approximate surface area is 273 Å². The first-order chi connectivity index (χ1) is 23.1. The largest absolute Gasteiger partial charge is 0.309 e. The molecule has 0 unspecified atom stereocenters. The van der Waals surface area contributed by atoms with Gasteiger partial charge in [-0.3, -0.25) is 0 Å². The predicted molar refractivity (Wildman–Crippen MR) is 198 cm³/mol. The first-order valence-electron chi connectivity index (χ1n) is 16.4. The molecule has 0 amide bonds. The van der Waals surface area contributed by atoms with Gasteiger partial charge in [0.05, 0.1) is 22.1 Å². The highest BCUT2D eigenvalue weighted by atomic mass is 15.0. The zero-order valence-electron chi connectivity index (χ0n) is 26.4. The molecule has 0 spiro atoms. The molecule has 0 atom stereocenters. The number of aromatic nitrogens is 2. The Bertz CT molecular complexity index is 2590. The van der Waals surface area contributed by atoms with Crippen LogP contribution >= 0.6 is 0 Å². The Balaban J connectivity index is 1.05. The molecule has 1 aliphatic rings. The summed E-state index contributed by atoms with van der Waals surface area (Å²) in [6, 6.07) is 58.1. The van der Waals surface area contributed by atoms with Crippen molar-refractivity contribution in [1.82, 2.24) is 9.13 Å². The van der Waals surface area contributed by atoms with Gasteiger partial charge in [-0.1, -0.05) is 117 Å². The van der Waals surface area contributed by atoms with Gasteiger partial charge in [0.25, 0.3) is 0 Å². The number of hydrogen-bond donors (Lipinski definition) is 0. The Morgan fingerprint density at radius 2 is 0.745 bits per heavy atom. The fourth-order valence-corrected chi connectivity index (χ4v) is 8.25. The zero-order valence-corrected chi connectivity index (χ0v) is 26.4. The van der Waals surface area contributed by atoms with E-state index in [1.165, 1.54) is 88.4 Å². The lowest BCUT2D eigenvalue weighted by atomic mass is 9.81. The quantitative estimate of drug-likeness (QED) is 0.191. The van der Waals surface area contributed by atoms with E-state index in [9.17, 15) is 0 Å². The maximum absolute atomic E-state index is 2.43. The van der Waals surface area contributed by atoms with E-state index in [2.05, 4.69) is 181 Å². The van der Waals surface area contributed by atoms with E-state index >= 15 is 0 Å². The van der Waals surface area contributed by atoms with E-state index in [1.807, 2.05) is 0 Å². The molecule has 0 N–H and O–H groups in total. The highest BCUT2D eigenvalue weighted by Crippen LogP contribution is 2.50. The van der Waals surface area contributed by atoms with Gasteiger partial charge in [-0.15, -0.1) is 0 Å². The van der Waals surface area contributed by atoms with Crippen molar-refractivity contribution >= 4 is 43.6 Å². The molecule has 2 aromatic heterocycles. The summed E-state index contributed by atoms with van der Waals surface area (Å²) in [6.45, 7) is 4.75. The molecule has 9 aromatic rings. The Morgan fingerprint density at radius 1 is 0.362 bits per heavy atom. The molecule has 2 heteroatoms. The van der Waals surface area contributed by atoms with Crippen molar-refractivity contribution in [3.05, 3.63) is 169 Å². The monoisotopic (exact) mass is 600 g/mol. The topological polar surface area (TPSA) is 9.86 Å². The van der Waals surface area contributed by atoms with Crippen LogP contribution in [0.1, 0.15) is 25.0 Å². The van der Waals surface area contributed by atoms with E-state index in [0.717, 1.165) is 0 Å². The van der Waals surface area contributed by atoms with E-state index < -0.39 is 0 Å². The molecule has 0 radical (unpaired) electrons. The Hall–Kier alpha value is -5.86. The molecule has 1 aliphatic carbocycles. The summed E-state index contributed by atoms with van der Waals surface area (Å²) in [6.07, 6.45) is 0. The number of fused-ring (bicyclic) bond motifs is 9. The number of benzene rings is 7. The number of hydrogen-bond acceptors (Lipinski definition) is 0. The van der Waals surface area contributed by atoms with E-state index in [4.69, 9.17) is 0 Å². The predicted octanol–water partition coefficient (Wildman–Crippen LogP) is 11.9. The van der Waals surface area contributed by atoms with Crippen LogP contribution < -0.4 is 0 Å². The molecular formula is C45H32N2. The summed E-state index contributed by atoms with van der Waals surface area (Å²) < 4.78 is 4.81. The number of nitrogens with zero attached hydrogens (tertiary/aromatic N) is 2. The van der Waals surface area contributed by atoms with Crippen LogP contribution in [0.4, 0.5) is 0 Å². The van der Waals surface area contributed by atoms with Crippen LogP contribution in [0, 0.1) is 0 Å². The molecule has 47 heavy (non-hydrogen) atoms. The summed E-state index contributed by atoms with van der Waals surface area (Å²) in [7, 11) is 0. The summed E-state index contributed by atoms with van der Waals surface area (Å²) in [5.41, 5.74) is 15.1. The molecule has 0 saturated heterocycles. The van der Waals surface area contributed by atoms with Gasteiger partial charge in [0.15, 0.2) is 0 Å². The Kier molecular flexibility index (Phi) is 5.37. The highest BCUT2D eigenvalue weighted by molar-refractivity contribution is 6.10. The van der Waals surface area contributed by atoms with E-state index in [0.29, 0.717) is 0 Å². The van der Waals surface area contributed by atoms with Crippen molar-refractivity contribution in [1.29, 1.82) is 0 Å². The molecular weight excluding hydrogens is 569 g/mol. The molecule has 0 fully saturated rings. The van der Waals surface area contributed by atoms with Crippen LogP contribution in [-0.2, 0) is 5.41 Å². The van der Waals surface area contributed by atoms with Crippen LogP contribution in [0.5, 0.6) is 0 Å². The number of para-hydroxylation sites is 4. The third kappa shape index (κ3) is 3.67. The van der Waals surface area contributed by atoms with Crippen molar-refractivity contribution in [2.24, 2.45) is 0 Å². The van der Waals surface area contributed by atoms with Crippen LogP contribution in [0.2, 0.25) is 0 Å². The Morgan fingerprint density at radius 3 is 1.26 bits per heavy atom. The van der Waals surface area contributed by atoms with E-state index in [-0.39, 0.29) is 5.41 Å². The van der Waals surface area contributed by atoms with Crippen molar-refractivity contribution < 1.29 is 0 Å². The fourth-order valence-electron chi connectivity index (χ4n) is 8.25. The smallest absolute Gasteiger partial charge is 0.0541 e. The van der Waals surface area contributed by atoms with Crippen LogP contribution in [0.25, 0.3) is 77.2 Å². The summed E-state index contributed by atoms with van der Waals surface area (Å²) in [4.78, 5) is 0. The molecule has 0 saturated carbocycles. The standard InChI is InChI=1S/C45H32N2/c1-45(2)39-27-30(29-19-22-31(23-20-29)46-41-15-7-3-11-35(41)36-12-4-8-16-42(36)46)21-25-33(39)34-26-24-32(28-40(34)45)47-43-17-9-5-13-37(43)38-14-6-10-18-44(38)47/h3-28H,1-2H3. The van der Waals surface area contributed by atoms with Crippen LogP contribution in [0.3, 0.4) is 0 Å². The third-order valence-corrected chi connectivity index (χ3v) is 10.5. The lowest BCUT2D eigenvalue weighted by molar-refractivity contribution is 0.660. The molecule has 2 nitrogen and oxygen atoms in total. The van der Waals surface area contributed by atoms with Gasteiger partial charge in [0, 0.05) is 38.3 Å².